The van der Waals surface area contributed by atoms with Crippen LogP contribution in [0, 0.1) is 6.92 Å². The van der Waals surface area contributed by atoms with Crippen molar-refractivity contribution in [1.29, 1.82) is 0 Å². The lowest BCUT2D eigenvalue weighted by atomic mass is 10.1. The number of aryl methyl sites for hydroxylation is 2. The van der Waals surface area contributed by atoms with E-state index in [9.17, 15) is 0 Å². The lowest BCUT2D eigenvalue weighted by molar-refractivity contribution is 0.969. The number of H-pyrrole nitrogens is 1. The van der Waals surface area contributed by atoms with Gasteiger partial charge in [-0.15, -0.1) is 0 Å². The highest BCUT2D eigenvalue weighted by Gasteiger charge is 2.01. The SMILES string of the molecule is Cc1nc[nH]c1CCC(=S)CN. The van der Waals surface area contributed by atoms with Crippen LogP contribution in [0.15, 0.2) is 6.33 Å². The zero-order valence-corrected chi connectivity index (χ0v) is 7.95. The molecule has 1 heterocycles. The van der Waals surface area contributed by atoms with Gasteiger partial charge >= 0.3 is 0 Å². The molecule has 0 saturated heterocycles. The number of hydrogen-bond donors (Lipinski definition) is 2. The summed E-state index contributed by atoms with van der Waals surface area (Å²) in [7, 11) is 0. The first kappa shape index (κ1) is 9.35. The molecule has 0 saturated carbocycles. The highest BCUT2D eigenvalue weighted by molar-refractivity contribution is 7.80. The number of hydrogen-bond acceptors (Lipinski definition) is 3. The van der Waals surface area contributed by atoms with E-state index in [-0.39, 0.29) is 0 Å². The highest BCUT2D eigenvalue weighted by atomic mass is 32.1. The van der Waals surface area contributed by atoms with E-state index in [4.69, 9.17) is 18.0 Å². The Morgan fingerprint density at radius 2 is 2.50 bits per heavy atom. The normalized spacial score (nSPS) is 10.2. The number of thiocarbonyl (C=S) groups is 1. The van der Waals surface area contributed by atoms with Crippen LogP contribution in [-0.2, 0) is 6.42 Å². The van der Waals surface area contributed by atoms with Crippen molar-refractivity contribution in [1.82, 2.24) is 9.97 Å². The van der Waals surface area contributed by atoms with Crippen molar-refractivity contribution in [3.05, 3.63) is 17.7 Å². The van der Waals surface area contributed by atoms with Crippen molar-refractivity contribution in [2.24, 2.45) is 5.73 Å². The molecule has 0 amide bonds. The Balaban J connectivity index is 2.43. The fraction of sp³-hybridized carbons (Fsp3) is 0.500. The third-order valence-corrected chi connectivity index (χ3v) is 2.19. The molecule has 0 aliphatic carbocycles. The molecule has 12 heavy (non-hydrogen) atoms. The van der Waals surface area contributed by atoms with E-state index < -0.39 is 0 Å². The molecular formula is C8H13N3S. The molecule has 0 aromatic carbocycles. The molecule has 0 atom stereocenters. The number of aromatic nitrogens is 2. The van der Waals surface area contributed by atoms with Gasteiger partial charge in [-0.1, -0.05) is 12.2 Å². The van der Waals surface area contributed by atoms with Crippen LogP contribution >= 0.6 is 12.2 Å². The maximum atomic E-state index is 5.38. The van der Waals surface area contributed by atoms with Gasteiger partial charge in [0.1, 0.15) is 0 Å². The molecule has 0 aliphatic heterocycles. The summed E-state index contributed by atoms with van der Waals surface area (Å²) in [5.74, 6) is 0. The lowest BCUT2D eigenvalue weighted by Gasteiger charge is -1.99. The fourth-order valence-electron chi connectivity index (χ4n) is 1.01. The summed E-state index contributed by atoms with van der Waals surface area (Å²) in [6, 6.07) is 0. The minimum atomic E-state index is 0.502. The summed E-state index contributed by atoms with van der Waals surface area (Å²) in [5, 5.41) is 0. The monoisotopic (exact) mass is 183 g/mol. The van der Waals surface area contributed by atoms with E-state index in [2.05, 4.69) is 9.97 Å². The van der Waals surface area contributed by atoms with Gasteiger partial charge in [0.25, 0.3) is 0 Å². The first-order valence-electron chi connectivity index (χ1n) is 3.94. The van der Waals surface area contributed by atoms with Crippen molar-refractivity contribution in [2.75, 3.05) is 6.54 Å². The summed E-state index contributed by atoms with van der Waals surface area (Å²) in [5.41, 5.74) is 7.59. The zero-order valence-electron chi connectivity index (χ0n) is 7.13. The van der Waals surface area contributed by atoms with Crippen LogP contribution in [0.2, 0.25) is 0 Å². The van der Waals surface area contributed by atoms with Crippen molar-refractivity contribution in [3.63, 3.8) is 0 Å². The molecule has 0 aliphatic rings. The largest absolute Gasteiger partial charge is 0.348 e. The van der Waals surface area contributed by atoms with Crippen molar-refractivity contribution < 1.29 is 0 Å². The Labute approximate surface area is 77.4 Å². The minimum absolute atomic E-state index is 0.502. The third kappa shape index (κ3) is 2.39. The van der Waals surface area contributed by atoms with Gasteiger partial charge in [-0.25, -0.2) is 4.98 Å². The molecule has 1 rings (SSSR count). The van der Waals surface area contributed by atoms with Gasteiger partial charge in [0.15, 0.2) is 0 Å². The first-order valence-corrected chi connectivity index (χ1v) is 4.35. The van der Waals surface area contributed by atoms with Gasteiger partial charge in [-0.3, -0.25) is 0 Å². The maximum Gasteiger partial charge on any atom is 0.0925 e. The first-order chi connectivity index (χ1) is 5.74. The lowest BCUT2D eigenvalue weighted by Crippen LogP contribution is -2.12. The predicted molar refractivity (Wildman–Crippen MR) is 53.3 cm³/mol. The summed E-state index contributed by atoms with van der Waals surface area (Å²) in [6.45, 7) is 2.49. The van der Waals surface area contributed by atoms with Gasteiger partial charge in [0.2, 0.25) is 0 Å². The fourth-order valence-corrected chi connectivity index (χ4v) is 1.11. The average molecular weight is 183 g/mol. The topological polar surface area (TPSA) is 54.7 Å². The van der Waals surface area contributed by atoms with Gasteiger partial charge in [-0.2, -0.15) is 0 Å². The van der Waals surface area contributed by atoms with E-state index in [1.807, 2.05) is 6.92 Å². The molecule has 1 aromatic rings. The molecule has 0 radical (unpaired) electrons. The average Bonchev–Trinajstić information content (AvgIpc) is 2.47. The Hall–Kier alpha value is -0.740. The Morgan fingerprint density at radius 1 is 1.75 bits per heavy atom. The molecule has 0 fully saturated rings. The van der Waals surface area contributed by atoms with Crippen LogP contribution in [-0.4, -0.2) is 21.4 Å². The van der Waals surface area contributed by atoms with Crippen molar-refractivity contribution in [3.8, 4) is 0 Å². The van der Waals surface area contributed by atoms with Gasteiger partial charge in [0.05, 0.1) is 12.0 Å². The van der Waals surface area contributed by atoms with Crippen LogP contribution in [0.1, 0.15) is 17.8 Å². The standard InChI is InChI=1S/C8H13N3S/c1-6-8(11-5-10-6)3-2-7(12)4-9/h5H,2-4,9H2,1H3,(H,10,11). The molecule has 1 aromatic heterocycles. The predicted octanol–water partition coefficient (Wildman–Crippen LogP) is 0.979. The Kier molecular flexibility index (Phi) is 3.37. The van der Waals surface area contributed by atoms with Crippen LogP contribution in [0.25, 0.3) is 0 Å². The third-order valence-electron chi connectivity index (χ3n) is 1.82. The van der Waals surface area contributed by atoms with Crippen LogP contribution in [0.4, 0.5) is 0 Å². The Morgan fingerprint density at radius 3 is 3.00 bits per heavy atom. The Bertz CT molecular complexity index is 267. The number of nitrogens with zero attached hydrogens (tertiary/aromatic N) is 1. The van der Waals surface area contributed by atoms with E-state index >= 15 is 0 Å². The summed E-state index contributed by atoms with van der Waals surface area (Å²) >= 11 is 5.01. The van der Waals surface area contributed by atoms with Crippen molar-refractivity contribution >= 4 is 17.1 Å². The maximum absolute atomic E-state index is 5.38. The summed E-state index contributed by atoms with van der Waals surface area (Å²) in [4.78, 5) is 8.08. The minimum Gasteiger partial charge on any atom is -0.348 e. The zero-order chi connectivity index (χ0) is 8.97. The molecule has 66 valence electrons. The number of nitrogens with two attached hydrogens (primary N) is 1. The number of imidazole rings is 1. The second kappa shape index (κ2) is 4.33. The number of nitrogens with one attached hydrogen (secondary N) is 1. The van der Waals surface area contributed by atoms with E-state index in [1.54, 1.807) is 6.33 Å². The van der Waals surface area contributed by atoms with Crippen molar-refractivity contribution in [2.45, 2.75) is 19.8 Å². The molecular weight excluding hydrogens is 170 g/mol. The smallest absolute Gasteiger partial charge is 0.0925 e. The number of aromatic amines is 1. The molecule has 3 N–H and O–H groups in total. The molecule has 0 spiro atoms. The van der Waals surface area contributed by atoms with E-state index in [0.717, 1.165) is 29.1 Å². The van der Waals surface area contributed by atoms with E-state index in [0.29, 0.717) is 6.54 Å². The van der Waals surface area contributed by atoms with Crippen LogP contribution in [0.5, 0.6) is 0 Å². The van der Waals surface area contributed by atoms with Gasteiger partial charge in [-0.05, 0) is 19.8 Å². The highest BCUT2D eigenvalue weighted by Crippen LogP contribution is 2.04. The molecule has 4 heteroatoms. The second-order valence-electron chi connectivity index (χ2n) is 2.71. The summed E-state index contributed by atoms with van der Waals surface area (Å²) in [6.07, 6.45) is 3.49. The van der Waals surface area contributed by atoms with Crippen LogP contribution in [0.3, 0.4) is 0 Å². The molecule has 0 unspecified atom stereocenters. The number of rotatable bonds is 4. The van der Waals surface area contributed by atoms with E-state index in [1.165, 1.54) is 0 Å². The van der Waals surface area contributed by atoms with Crippen LogP contribution < -0.4 is 5.73 Å². The van der Waals surface area contributed by atoms with Gasteiger partial charge in [0, 0.05) is 17.1 Å². The van der Waals surface area contributed by atoms with Gasteiger partial charge < -0.3 is 10.7 Å². The quantitative estimate of drug-likeness (QED) is 0.684. The molecule has 0 bridgehead atoms. The second-order valence-corrected chi connectivity index (χ2v) is 3.29. The molecule has 3 nitrogen and oxygen atoms in total. The summed E-state index contributed by atoms with van der Waals surface area (Å²) < 4.78 is 0.